The van der Waals surface area contributed by atoms with Gasteiger partial charge in [-0.05, 0) is 29.3 Å². The zero-order valence-corrected chi connectivity index (χ0v) is 13.7. The molecule has 4 N–H and O–H groups in total. The van der Waals surface area contributed by atoms with Gasteiger partial charge in [0.1, 0.15) is 11.6 Å². The molecule has 0 radical (unpaired) electrons. The molecule has 0 atom stereocenters. The molecule has 1 amide bonds. The predicted molar refractivity (Wildman–Crippen MR) is 95.0 cm³/mol. The standard InChI is InChI=1S/C18H17ClN4O/c19-16-5-2-6-17(8-16)23-18(24)15(10-21)12-22-11-14-4-1-3-13(7-14)9-20/h1-8,12,22H,9,11,20H2,(H,23,24)/b15-12-. The van der Waals surface area contributed by atoms with Crippen LogP contribution >= 0.6 is 11.6 Å². The molecule has 0 saturated carbocycles. The normalized spacial score (nSPS) is 10.8. The molecule has 5 nitrogen and oxygen atoms in total. The maximum Gasteiger partial charge on any atom is 0.267 e. The maximum atomic E-state index is 12.1. The average molecular weight is 341 g/mol. The smallest absolute Gasteiger partial charge is 0.267 e. The lowest BCUT2D eigenvalue weighted by molar-refractivity contribution is -0.112. The number of nitrogens with one attached hydrogen (secondary N) is 2. The first-order chi connectivity index (χ1) is 11.6. The van der Waals surface area contributed by atoms with E-state index in [1.807, 2.05) is 30.3 Å². The van der Waals surface area contributed by atoms with E-state index in [-0.39, 0.29) is 5.57 Å². The first-order valence-corrected chi connectivity index (χ1v) is 7.68. The van der Waals surface area contributed by atoms with Crippen LogP contribution in [0.1, 0.15) is 11.1 Å². The molecule has 0 aliphatic carbocycles. The van der Waals surface area contributed by atoms with E-state index >= 15 is 0 Å². The van der Waals surface area contributed by atoms with E-state index < -0.39 is 5.91 Å². The molecule has 6 heteroatoms. The maximum absolute atomic E-state index is 12.1. The molecule has 0 heterocycles. The molecule has 0 aromatic heterocycles. The highest BCUT2D eigenvalue weighted by Gasteiger charge is 2.09. The van der Waals surface area contributed by atoms with Gasteiger partial charge in [0.2, 0.25) is 0 Å². The van der Waals surface area contributed by atoms with E-state index in [0.717, 1.165) is 11.1 Å². The Kier molecular flexibility index (Phi) is 6.38. The molecule has 0 aliphatic rings. The number of benzene rings is 2. The first-order valence-electron chi connectivity index (χ1n) is 7.31. The van der Waals surface area contributed by atoms with Crippen LogP contribution in [-0.2, 0) is 17.9 Å². The number of halogens is 1. The van der Waals surface area contributed by atoms with Crippen LogP contribution in [0.15, 0.2) is 60.3 Å². The SMILES string of the molecule is N#C/C(=C/NCc1cccc(CN)c1)C(=O)Nc1cccc(Cl)c1. The van der Waals surface area contributed by atoms with E-state index in [4.69, 9.17) is 22.6 Å². The summed E-state index contributed by atoms with van der Waals surface area (Å²) in [4.78, 5) is 12.1. The number of nitrogens with two attached hydrogens (primary N) is 1. The Morgan fingerprint density at radius 3 is 2.67 bits per heavy atom. The number of amides is 1. The summed E-state index contributed by atoms with van der Waals surface area (Å²) in [5.41, 5.74) is 8.15. The number of hydrogen-bond acceptors (Lipinski definition) is 4. The summed E-state index contributed by atoms with van der Waals surface area (Å²) in [6.07, 6.45) is 1.40. The molecule has 0 bridgehead atoms. The van der Waals surface area contributed by atoms with E-state index in [2.05, 4.69) is 10.6 Å². The van der Waals surface area contributed by atoms with Crippen molar-refractivity contribution in [2.45, 2.75) is 13.1 Å². The average Bonchev–Trinajstić information content (AvgIpc) is 2.59. The lowest BCUT2D eigenvalue weighted by Crippen LogP contribution is -2.16. The van der Waals surface area contributed by atoms with Crippen LogP contribution in [0, 0.1) is 11.3 Å². The molecule has 0 unspecified atom stereocenters. The van der Waals surface area contributed by atoms with Crippen molar-refractivity contribution < 1.29 is 4.79 Å². The number of nitriles is 1. The van der Waals surface area contributed by atoms with Crippen molar-refractivity contribution in [2.75, 3.05) is 5.32 Å². The quantitative estimate of drug-likeness (QED) is 0.557. The van der Waals surface area contributed by atoms with Gasteiger partial charge in [0.15, 0.2) is 0 Å². The van der Waals surface area contributed by atoms with Crippen molar-refractivity contribution in [3.05, 3.63) is 76.5 Å². The fourth-order valence-corrected chi connectivity index (χ4v) is 2.24. The van der Waals surface area contributed by atoms with Crippen molar-refractivity contribution >= 4 is 23.2 Å². The van der Waals surface area contributed by atoms with Gasteiger partial charge in [-0.3, -0.25) is 4.79 Å². The molecule has 0 aliphatic heterocycles. The second kappa shape index (κ2) is 8.73. The molecule has 0 spiro atoms. The summed E-state index contributed by atoms with van der Waals surface area (Å²) in [6.45, 7) is 0.957. The Hall–Kier alpha value is -2.81. The highest BCUT2D eigenvalue weighted by atomic mass is 35.5. The topological polar surface area (TPSA) is 90.9 Å². The summed E-state index contributed by atoms with van der Waals surface area (Å²) < 4.78 is 0. The van der Waals surface area contributed by atoms with Gasteiger partial charge < -0.3 is 16.4 Å². The summed E-state index contributed by atoms with van der Waals surface area (Å²) in [6, 6.07) is 16.4. The van der Waals surface area contributed by atoms with E-state index in [9.17, 15) is 4.79 Å². The van der Waals surface area contributed by atoms with E-state index in [1.165, 1.54) is 6.20 Å². The molecule has 0 saturated heterocycles. The fourth-order valence-electron chi connectivity index (χ4n) is 2.05. The van der Waals surface area contributed by atoms with Crippen molar-refractivity contribution in [1.29, 1.82) is 5.26 Å². The Morgan fingerprint density at radius 2 is 1.96 bits per heavy atom. The number of nitrogens with zero attached hydrogens (tertiary/aromatic N) is 1. The third-order valence-electron chi connectivity index (χ3n) is 3.23. The van der Waals surface area contributed by atoms with Gasteiger partial charge >= 0.3 is 0 Å². The monoisotopic (exact) mass is 340 g/mol. The predicted octanol–water partition coefficient (Wildman–Crippen LogP) is 2.93. The van der Waals surface area contributed by atoms with Crippen LogP contribution < -0.4 is 16.4 Å². The zero-order valence-electron chi connectivity index (χ0n) is 12.9. The van der Waals surface area contributed by atoms with Crippen LogP contribution in [0.2, 0.25) is 5.02 Å². The third-order valence-corrected chi connectivity index (χ3v) is 3.46. The number of hydrogen-bond donors (Lipinski definition) is 3. The largest absolute Gasteiger partial charge is 0.386 e. The highest BCUT2D eigenvalue weighted by molar-refractivity contribution is 6.31. The van der Waals surface area contributed by atoms with Crippen LogP contribution in [-0.4, -0.2) is 5.91 Å². The fraction of sp³-hybridized carbons (Fsp3) is 0.111. The van der Waals surface area contributed by atoms with E-state index in [0.29, 0.717) is 23.8 Å². The molecule has 0 fully saturated rings. The molecular formula is C18H17ClN4O. The van der Waals surface area contributed by atoms with Crippen molar-refractivity contribution in [1.82, 2.24) is 5.32 Å². The molecule has 2 rings (SSSR count). The number of rotatable bonds is 6. The van der Waals surface area contributed by atoms with Crippen LogP contribution in [0.5, 0.6) is 0 Å². The van der Waals surface area contributed by atoms with Gasteiger partial charge in [-0.1, -0.05) is 41.9 Å². The minimum Gasteiger partial charge on any atom is -0.386 e. The van der Waals surface area contributed by atoms with Gasteiger partial charge in [-0.15, -0.1) is 0 Å². The molecule has 2 aromatic rings. The van der Waals surface area contributed by atoms with Gasteiger partial charge in [0.05, 0.1) is 0 Å². The van der Waals surface area contributed by atoms with Crippen LogP contribution in [0.25, 0.3) is 0 Å². The molecule has 2 aromatic carbocycles. The van der Waals surface area contributed by atoms with Crippen LogP contribution in [0.4, 0.5) is 5.69 Å². The summed E-state index contributed by atoms with van der Waals surface area (Å²) in [5.74, 6) is -0.497. The second-order valence-corrected chi connectivity index (χ2v) is 5.48. The van der Waals surface area contributed by atoms with E-state index in [1.54, 1.807) is 24.3 Å². The second-order valence-electron chi connectivity index (χ2n) is 5.04. The Labute approximate surface area is 145 Å². The minimum atomic E-state index is -0.497. The lowest BCUT2D eigenvalue weighted by Gasteiger charge is -2.06. The summed E-state index contributed by atoms with van der Waals surface area (Å²) in [5, 5.41) is 15.3. The lowest BCUT2D eigenvalue weighted by atomic mass is 10.1. The molecule has 24 heavy (non-hydrogen) atoms. The Morgan fingerprint density at radius 1 is 1.21 bits per heavy atom. The van der Waals surface area contributed by atoms with Gasteiger partial charge in [-0.25, -0.2) is 0 Å². The minimum absolute atomic E-state index is 0.0232. The number of carbonyl (C=O) groups excluding carboxylic acids is 1. The van der Waals surface area contributed by atoms with Crippen molar-refractivity contribution in [2.24, 2.45) is 5.73 Å². The third kappa shape index (κ3) is 5.13. The number of carbonyl (C=O) groups is 1. The Bertz CT molecular complexity index is 796. The van der Waals surface area contributed by atoms with Crippen molar-refractivity contribution in [3.8, 4) is 6.07 Å². The van der Waals surface area contributed by atoms with Gasteiger partial charge in [-0.2, -0.15) is 5.26 Å². The highest BCUT2D eigenvalue weighted by Crippen LogP contribution is 2.15. The summed E-state index contributed by atoms with van der Waals surface area (Å²) >= 11 is 5.87. The van der Waals surface area contributed by atoms with Gasteiger partial charge in [0.25, 0.3) is 5.91 Å². The van der Waals surface area contributed by atoms with Gasteiger partial charge in [0, 0.05) is 30.0 Å². The number of anilines is 1. The molecule has 122 valence electrons. The zero-order chi connectivity index (χ0) is 17.4. The summed E-state index contributed by atoms with van der Waals surface area (Å²) in [7, 11) is 0. The molecular weight excluding hydrogens is 324 g/mol. The van der Waals surface area contributed by atoms with Crippen LogP contribution in [0.3, 0.4) is 0 Å². The van der Waals surface area contributed by atoms with Crippen molar-refractivity contribution in [3.63, 3.8) is 0 Å². The Balaban J connectivity index is 1.98. The first kappa shape index (κ1) is 17.5.